The molecule has 1 N–H and O–H groups in total. The highest BCUT2D eigenvalue weighted by atomic mass is 127. The predicted molar refractivity (Wildman–Crippen MR) is 129 cm³/mol. The number of carbonyl (C=O) groups excluding carboxylic acids is 1. The summed E-state index contributed by atoms with van der Waals surface area (Å²) in [6.07, 6.45) is 2.31. The third-order valence-corrected chi connectivity index (χ3v) is 6.91. The van der Waals surface area contributed by atoms with Crippen LogP contribution >= 0.6 is 35.7 Å². The van der Waals surface area contributed by atoms with Gasteiger partial charge in [-0.15, -0.1) is 24.0 Å². The summed E-state index contributed by atoms with van der Waals surface area (Å²) < 4.78 is 0. The molecule has 3 rings (SSSR count). The van der Waals surface area contributed by atoms with E-state index in [0.29, 0.717) is 5.91 Å². The average molecular weight is 525 g/mol. The van der Waals surface area contributed by atoms with Crippen LogP contribution in [-0.4, -0.2) is 122 Å². The van der Waals surface area contributed by atoms with Gasteiger partial charge in [0.05, 0.1) is 6.04 Å². The summed E-state index contributed by atoms with van der Waals surface area (Å²) in [5, 5.41) is 3.53. The fourth-order valence-electron chi connectivity index (χ4n) is 4.16. The van der Waals surface area contributed by atoms with Crippen molar-refractivity contribution >= 4 is 47.6 Å². The minimum absolute atomic E-state index is 0. The minimum atomic E-state index is -0.00260. The standard InChI is InChI=1S/C19H36N6OS.HI/c1-17(18(26)24-6-3-4-7-24)23-9-11-25(12-10-23)19(20-2)21-5-8-22-13-15-27-16-14-22;/h17H,3-16H2,1-2H3,(H,20,21);1H. The molecule has 162 valence electrons. The zero-order valence-corrected chi connectivity index (χ0v) is 20.6. The third-order valence-electron chi connectivity index (χ3n) is 5.96. The Morgan fingerprint density at radius 2 is 1.64 bits per heavy atom. The van der Waals surface area contributed by atoms with Crippen molar-refractivity contribution in [3.8, 4) is 0 Å². The highest BCUT2D eigenvalue weighted by molar-refractivity contribution is 14.0. The van der Waals surface area contributed by atoms with Gasteiger partial charge >= 0.3 is 0 Å². The lowest BCUT2D eigenvalue weighted by atomic mass is 10.2. The van der Waals surface area contributed by atoms with Gasteiger partial charge in [-0.2, -0.15) is 11.8 Å². The van der Waals surface area contributed by atoms with Gasteiger partial charge in [0.1, 0.15) is 0 Å². The van der Waals surface area contributed by atoms with E-state index in [1.54, 1.807) is 0 Å². The molecule has 0 saturated carbocycles. The molecule has 9 heteroatoms. The lowest BCUT2D eigenvalue weighted by molar-refractivity contribution is -0.135. The van der Waals surface area contributed by atoms with E-state index in [9.17, 15) is 4.79 Å². The van der Waals surface area contributed by atoms with Crippen molar-refractivity contribution in [2.24, 2.45) is 4.99 Å². The molecular formula is C19H37IN6OS. The first kappa shape index (κ1) is 24.0. The van der Waals surface area contributed by atoms with E-state index >= 15 is 0 Å². The lowest BCUT2D eigenvalue weighted by Crippen LogP contribution is -2.57. The molecule has 0 spiro atoms. The fourth-order valence-corrected chi connectivity index (χ4v) is 5.14. The summed E-state index contributed by atoms with van der Waals surface area (Å²) in [4.78, 5) is 26.3. The van der Waals surface area contributed by atoms with Gasteiger partial charge in [-0.3, -0.25) is 19.6 Å². The van der Waals surface area contributed by atoms with Crippen molar-refractivity contribution < 1.29 is 4.79 Å². The van der Waals surface area contributed by atoms with Crippen molar-refractivity contribution in [3.63, 3.8) is 0 Å². The van der Waals surface area contributed by atoms with Crippen LogP contribution in [0.5, 0.6) is 0 Å². The molecule has 1 atom stereocenters. The van der Waals surface area contributed by atoms with Gasteiger partial charge in [-0.25, -0.2) is 0 Å². The number of aliphatic imine (C=N–C) groups is 1. The Hall–Kier alpha value is -0.260. The van der Waals surface area contributed by atoms with Crippen LogP contribution in [0.25, 0.3) is 0 Å². The quantitative estimate of drug-likeness (QED) is 0.327. The molecule has 1 unspecified atom stereocenters. The van der Waals surface area contributed by atoms with Gasteiger partial charge in [-0.05, 0) is 19.8 Å². The first-order valence-corrected chi connectivity index (χ1v) is 11.6. The fraction of sp³-hybridized carbons (Fsp3) is 0.895. The summed E-state index contributed by atoms with van der Waals surface area (Å²) in [5.74, 6) is 3.82. The second kappa shape index (κ2) is 12.4. The number of piperazine rings is 1. The van der Waals surface area contributed by atoms with Crippen molar-refractivity contribution in [2.45, 2.75) is 25.8 Å². The monoisotopic (exact) mass is 524 g/mol. The number of hydrogen-bond donors (Lipinski definition) is 1. The smallest absolute Gasteiger partial charge is 0.239 e. The van der Waals surface area contributed by atoms with E-state index in [1.807, 2.05) is 11.9 Å². The van der Waals surface area contributed by atoms with Crippen LogP contribution in [-0.2, 0) is 4.79 Å². The van der Waals surface area contributed by atoms with Crippen LogP contribution in [0.3, 0.4) is 0 Å². The number of guanidine groups is 1. The first-order chi connectivity index (χ1) is 13.2. The van der Waals surface area contributed by atoms with Crippen molar-refractivity contribution in [3.05, 3.63) is 0 Å². The molecule has 3 saturated heterocycles. The molecule has 0 aliphatic carbocycles. The maximum Gasteiger partial charge on any atom is 0.239 e. The van der Waals surface area contributed by atoms with E-state index in [0.717, 1.165) is 71.2 Å². The summed E-state index contributed by atoms with van der Waals surface area (Å²) in [5.41, 5.74) is 0. The SMILES string of the molecule is CN=C(NCCN1CCSCC1)N1CCN(C(C)C(=O)N2CCCC2)CC1.I. The van der Waals surface area contributed by atoms with Gasteiger partial charge in [0, 0.05) is 84.0 Å². The van der Waals surface area contributed by atoms with Crippen molar-refractivity contribution in [2.75, 3.05) is 84.0 Å². The molecule has 0 aromatic heterocycles. The Morgan fingerprint density at radius 1 is 1.00 bits per heavy atom. The molecule has 3 aliphatic heterocycles. The topological polar surface area (TPSA) is 54.4 Å². The largest absolute Gasteiger partial charge is 0.355 e. The third kappa shape index (κ3) is 6.63. The molecule has 28 heavy (non-hydrogen) atoms. The predicted octanol–water partition coefficient (Wildman–Crippen LogP) is 0.857. The van der Waals surface area contributed by atoms with Crippen molar-refractivity contribution in [1.29, 1.82) is 0 Å². The molecule has 3 aliphatic rings. The van der Waals surface area contributed by atoms with Crippen LogP contribution in [0.4, 0.5) is 0 Å². The van der Waals surface area contributed by atoms with E-state index in [4.69, 9.17) is 0 Å². The maximum absolute atomic E-state index is 12.6. The Kier molecular flexibility index (Phi) is 10.7. The Morgan fingerprint density at radius 3 is 2.25 bits per heavy atom. The molecule has 7 nitrogen and oxygen atoms in total. The number of likely N-dealkylation sites (tertiary alicyclic amines) is 1. The molecule has 0 bridgehead atoms. The van der Waals surface area contributed by atoms with Crippen LogP contribution in [0, 0.1) is 0 Å². The van der Waals surface area contributed by atoms with Crippen LogP contribution in [0.1, 0.15) is 19.8 Å². The van der Waals surface area contributed by atoms with Gasteiger partial charge < -0.3 is 15.1 Å². The van der Waals surface area contributed by atoms with E-state index < -0.39 is 0 Å². The number of nitrogens with one attached hydrogen (secondary N) is 1. The van der Waals surface area contributed by atoms with Gasteiger partial charge in [0.2, 0.25) is 5.91 Å². The van der Waals surface area contributed by atoms with Gasteiger partial charge in [0.25, 0.3) is 0 Å². The molecule has 0 aromatic rings. The zero-order valence-electron chi connectivity index (χ0n) is 17.4. The molecule has 0 radical (unpaired) electrons. The highest BCUT2D eigenvalue weighted by Crippen LogP contribution is 2.14. The number of hydrogen-bond acceptors (Lipinski definition) is 5. The van der Waals surface area contributed by atoms with Crippen LogP contribution in [0.2, 0.25) is 0 Å². The molecule has 3 fully saturated rings. The average Bonchev–Trinajstić information content (AvgIpc) is 3.26. The number of thioether (sulfide) groups is 1. The summed E-state index contributed by atoms with van der Waals surface area (Å²) in [6, 6.07) is -0.00260. The van der Waals surface area contributed by atoms with Crippen LogP contribution in [0.15, 0.2) is 4.99 Å². The molecule has 1 amide bonds. The minimum Gasteiger partial charge on any atom is -0.355 e. The number of halogens is 1. The molecule has 3 heterocycles. The summed E-state index contributed by atoms with van der Waals surface area (Å²) in [6.45, 7) is 12.1. The first-order valence-electron chi connectivity index (χ1n) is 10.5. The highest BCUT2D eigenvalue weighted by Gasteiger charge is 2.30. The van der Waals surface area contributed by atoms with Crippen molar-refractivity contribution in [1.82, 2.24) is 24.9 Å². The number of rotatable bonds is 5. The second-order valence-corrected chi connectivity index (χ2v) is 8.88. The summed E-state index contributed by atoms with van der Waals surface area (Å²) in [7, 11) is 1.87. The molecular weight excluding hydrogens is 487 g/mol. The summed E-state index contributed by atoms with van der Waals surface area (Å²) >= 11 is 2.05. The number of nitrogens with zero attached hydrogens (tertiary/aromatic N) is 5. The second-order valence-electron chi connectivity index (χ2n) is 7.66. The maximum atomic E-state index is 12.6. The molecule has 0 aromatic carbocycles. The number of amides is 1. The normalized spacial score (nSPS) is 23.4. The Balaban J connectivity index is 0.00000280. The Labute approximate surface area is 191 Å². The van der Waals surface area contributed by atoms with Crippen LogP contribution < -0.4 is 5.32 Å². The van der Waals surface area contributed by atoms with E-state index in [2.05, 4.69) is 43.7 Å². The van der Waals surface area contributed by atoms with Gasteiger partial charge in [-0.1, -0.05) is 0 Å². The van der Waals surface area contributed by atoms with E-state index in [-0.39, 0.29) is 30.0 Å². The zero-order chi connectivity index (χ0) is 19.1. The number of carbonyl (C=O) groups is 1. The lowest BCUT2D eigenvalue weighted by Gasteiger charge is -2.39. The Bertz CT molecular complexity index is 503. The van der Waals surface area contributed by atoms with E-state index in [1.165, 1.54) is 24.6 Å². The van der Waals surface area contributed by atoms with Gasteiger partial charge in [0.15, 0.2) is 5.96 Å².